The highest BCUT2D eigenvalue weighted by atomic mass is 32.1. The summed E-state index contributed by atoms with van der Waals surface area (Å²) in [5.74, 6) is 0.904. The zero-order valence-electron chi connectivity index (χ0n) is 14.6. The molecule has 1 aliphatic heterocycles. The molecule has 132 valence electrons. The lowest BCUT2D eigenvalue weighted by Crippen LogP contribution is -2.31. The molecule has 4 heterocycles. The van der Waals surface area contributed by atoms with E-state index in [1.165, 1.54) is 0 Å². The molecule has 3 aromatic heterocycles. The Bertz CT molecular complexity index is 877. The monoisotopic (exact) mass is 363 g/mol. The van der Waals surface area contributed by atoms with Crippen LogP contribution in [0, 0.1) is 0 Å². The van der Waals surface area contributed by atoms with Crippen molar-refractivity contribution in [2.24, 2.45) is 0 Å². The summed E-state index contributed by atoms with van der Waals surface area (Å²) in [5.41, 5.74) is 2.15. The van der Waals surface area contributed by atoms with Crippen LogP contribution in [-0.4, -0.2) is 31.1 Å². The topological polar surface area (TPSA) is 46.0 Å². The van der Waals surface area contributed by atoms with Crippen LogP contribution >= 0.6 is 12.2 Å². The zero-order valence-corrected chi connectivity index (χ0v) is 15.4. The van der Waals surface area contributed by atoms with Gasteiger partial charge >= 0.3 is 0 Å². The average Bonchev–Trinajstić information content (AvgIpc) is 3.28. The first-order valence-corrected chi connectivity index (χ1v) is 9.27. The average molecular weight is 363 g/mol. The van der Waals surface area contributed by atoms with E-state index in [1.54, 1.807) is 0 Å². The van der Waals surface area contributed by atoms with Crippen LogP contribution in [-0.2, 0) is 0 Å². The van der Waals surface area contributed by atoms with Gasteiger partial charge in [-0.3, -0.25) is 4.98 Å². The molecular weight excluding hydrogens is 342 g/mol. The maximum atomic E-state index is 5.66. The second-order valence-corrected chi connectivity index (χ2v) is 6.70. The molecule has 6 heteroatoms. The summed E-state index contributed by atoms with van der Waals surface area (Å²) in [4.78, 5) is 11.4. The van der Waals surface area contributed by atoms with E-state index in [0.29, 0.717) is 0 Å². The van der Waals surface area contributed by atoms with Crippen molar-refractivity contribution in [2.45, 2.75) is 25.4 Å². The number of rotatable bonds is 5. The van der Waals surface area contributed by atoms with E-state index in [-0.39, 0.29) is 12.1 Å². The van der Waals surface area contributed by atoms with Crippen LogP contribution in [0.3, 0.4) is 0 Å². The second kappa shape index (κ2) is 7.25. The first-order chi connectivity index (χ1) is 12.8. The lowest BCUT2D eigenvalue weighted by molar-refractivity contribution is 0.308. The van der Waals surface area contributed by atoms with Gasteiger partial charge in [0.15, 0.2) is 5.11 Å². The molecule has 3 aromatic rings. The smallest absolute Gasteiger partial charge is 0.170 e. The van der Waals surface area contributed by atoms with Crippen molar-refractivity contribution in [1.29, 1.82) is 0 Å². The summed E-state index contributed by atoms with van der Waals surface area (Å²) in [6.45, 7) is 3.07. The Hall–Kier alpha value is -2.73. The van der Waals surface area contributed by atoms with Gasteiger partial charge in [-0.1, -0.05) is 19.1 Å². The van der Waals surface area contributed by atoms with Gasteiger partial charge in [0, 0.05) is 30.8 Å². The molecule has 0 amide bonds. The van der Waals surface area contributed by atoms with Gasteiger partial charge in [0.25, 0.3) is 0 Å². The molecule has 2 atom stereocenters. The minimum atomic E-state index is 0.00705. The molecule has 1 N–H and O–H groups in total. The predicted molar refractivity (Wildman–Crippen MR) is 106 cm³/mol. The molecule has 5 nitrogen and oxygen atoms in total. The third-order valence-corrected chi connectivity index (χ3v) is 4.99. The lowest BCUT2D eigenvalue weighted by Gasteiger charge is -2.28. The summed E-state index contributed by atoms with van der Waals surface area (Å²) in [5, 5.41) is 4.26. The van der Waals surface area contributed by atoms with Crippen LogP contribution in [0.15, 0.2) is 67.1 Å². The van der Waals surface area contributed by atoms with Crippen molar-refractivity contribution in [3.63, 3.8) is 0 Å². The third-order valence-electron chi connectivity index (χ3n) is 4.64. The Morgan fingerprint density at radius 3 is 2.54 bits per heavy atom. The molecule has 0 unspecified atom stereocenters. The molecule has 1 saturated heterocycles. The number of hydrogen-bond donors (Lipinski definition) is 1. The first-order valence-electron chi connectivity index (χ1n) is 8.86. The lowest BCUT2D eigenvalue weighted by atomic mass is 10.0. The van der Waals surface area contributed by atoms with Crippen LogP contribution in [0.1, 0.15) is 36.8 Å². The minimum absolute atomic E-state index is 0.00705. The van der Waals surface area contributed by atoms with E-state index in [2.05, 4.69) is 56.1 Å². The number of hydrogen-bond acceptors (Lipinski definition) is 3. The fourth-order valence-electron chi connectivity index (χ4n) is 3.55. The highest BCUT2D eigenvalue weighted by Crippen LogP contribution is 2.39. The maximum absolute atomic E-state index is 5.66. The number of nitrogens with zero attached hydrogens (tertiary/aromatic N) is 4. The Kier molecular flexibility index (Phi) is 4.67. The van der Waals surface area contributed by atoms with Crippen LogP contribution in [0.2, 0.25) is 0 Å². The number of pyridine rings is 2. The van der Waals surface area contributed by atoms with Crippen molar-refractivity contribution in [1.82, 2.24) is 24.8 Å². The van der Waals surface area contributed by atoms with Gasteiger partial charge < -0.3 is 14.8 Å². The normalized spacial score (nSPS) is 19.6. The summed E-state index contributed by atoms with van der Waals surface area (Å²) < 4.78 is 2.14. The first kappa shape index (κ1) is 16.7. The SMILES string of the molecule is CCCN1C(=S)N[C@H](c2ccccn2)[C@H]1c1cccn1-c1ccccn1. The summed E-state index contributed by atoms with van der Waals surface area (Å²) >= 11 is 5.66. The third kappa shape index (κ3) is 2.97. The van der Waals surface area contributed by atoms with E-state index in [0.717, 1.165) is 35.3 Å². The summed E-state index contributed by atoms with van der Waals surface area (Å²) in [6.07, 6.45) is 6.73. The van der Waals surface area contributed by atoms with Crippen LogP contribution < -0.4 is 5.32 Å². The molecule has 1 fully saturated rings. The van der Waals surface area contributed by atoms with E-state index in [1.807, 2.05) is 42.7 Å². The Labute approximate surface area is 158 Å². The zero-order chi connectivity index (χ0) is 17.9. The van der Waals surface area contributed by atoms with Crippen molar-refractivity contribution in [3.8, 4) is 5.82 Å². The van der Waals surface area contributed by atoms with E-state index in [4.69, 9.17) is 12.2 Å². The van der Waals surface area contributed by atoms with Crippen LogP contribution in [0.5, 0.6) is 0 Å². The predicted octanol–water partition coefficient (Wildman–Crippen LogP) is 3.65. The van der Waals surface area contributed by atoms with Gasteiger partial charge in [0.2, 0.25) is 0 Å². The fourth-order valence-corrected chi connectivity index (χ4v) is 3.88. The molecular formula is C20H21N5S. The highest BCUT2D eigenvalue weighted by Gasteiger charge is 2.40. The van der Waals surface area contributed by atoms with E-state index in [9.17, 15) is 0 Å². The Balaban J connectivity index is 1.81. The highest BCUT2D eigenvalue weighted by molar-refractivity contribution is 7.80. The van der Waals surface area contributed by atoms with Gasteiger partial charge in [0.1, 0.15) is 5.82 Å². The second-order valence-electron chi connectivity index (χ2n) is 6.31. The molecule has 0 aromatic carbocycles. The van der Waals surface area contributed by atoms with E-state index >= 15 is 0 Å². The molecule has 26 heavy (non-hydrogen) atoms. The number of thiocarbonyl (C=S) groups is 1. The molecule has 1 aliphatic rings. The molecule has 0 spiro atoms. The van der Waals surface area contributed by atoms with Crippen LogP contribution in [0.4, 0.5) is 0 Å². The van der Waals surface area contributed by atoms with Gasteiger partial charge in [-0.2, -0.15) is 0 Å². The summed E-state index contributed by atoms with van der Waals surface area (Å²) in [7, 11) is 0. The molecule has 0 bridgehead atoms. The minimum Gasteiger partial charge on any atom is -0.352 e. The molecule has 4 rings (SSSR count). The number of aromatic nitrogens is 3. The molecule has 0 radical (unpaired) electrons. The Morgan fingerprint density at radius 1 is 1.04 bits per heavy atom. The van der Waals surface area contributed by atoms with Crippen molar-refractivity contribution in [2.75, 3.05) is 6.54 Å². The largest absolute Gasteiger partial charge is 0.352 e. The summed E-state index contributed by atoms with van der Waals surface area (Å²) in [6, 6.07) is 16.2. The quantitative estimate of drug-likeness (QED) is 0.701. The van der Waals surface area contributed by atoms with E-state index < -0.39 is 0 Å². The molecule has 0 aliphatic carbocycles. The number of nitrogens with one attached hydrogen (secondary N) is 1. The maximum Gasteiger partial charge on any atom is 0.170 e. The Morgan fingerprint density at radius 2 is 1.85 bits per heavy atom. The van der Waals surface area contributed by atoms with Gasteiger partial charge in [-0.25, -0.2) is 4.98 Å². The van der Waals surface area contributed by atoms with Crippen LogP contribution in [0.25, 0.3) is 5.82 Å². The van der Waals surface area contributed by atoms with Crippen molar-refractivity contribution < 1.29 is 0 Å². The van der Waals surface area contributed by atoms with Gasteiger partial charge in [-0.05, 0) is 55.0 Å². The van der Waals surface area contributed by atoms with Crippen molar-refractivity contribution >= 4 is 17.3 Å². The van der Waals surface area contributed by atoms with Gasteiger partial charge in [0.05, 0.1) is 17.8 Å². The standard InChI is InChI=1S/C20H21N5S/c1-2-13-25-19(18(23-20(25)26)15-8-3-5-11-21-15)16-9-7-14-24(16)17-10-4-6-12-22-17/h3-12,14,18-19H,2,13H2,1H3,(H,23,26)/t18-,19-/m1/s1. The molecule has 0 saturated carbocycles. The fraction of sp³-hybridized carbons (Fsp3) is 0.250. The van der Waals surface area contributed by atoms with Gasteiger partial charge in [-0.15, -0.1) is 0 Å². The van der Waals surface area contributed by atoms with Crippen molar-refractivity contribution in [3.05, 3.63) is 78.5 Å².